The largest absolute Gasteiger partial charge is 0.277 e. The fourth-order valence-electron chi connectivity index (χ4n) is 2.51. The van der Waals surface area contributed by atoms with Gasteiger partial charge in [0.15, 0.2) is 0 Å². The highest BCUT2D eigenvalue weighted by Gasteiger charge is 2.20. The quantitative estimate of drug-likeness (QED) is 0.431. The highest BCUT2D eigenvalue weighted by atomic mass is 16.6. The average molecular weight is 239 g/mol. The zero-order valence-corrected chi connectivity index (χ0v) is 9.85. The molecule has 1 aliphatic rings. The predicted octanol–water partition coefficient (Wildman–Crippen LogP) is 2.44. The SMILES string of the molecule is O=CNOCc1cccc2c1Cc1ccccc1-2. The van der Waals surface area contributed by atoms with Gasteiger partial charge >= 0.3 is 0 Å². The molecule has 0 saturated carbocycles. The van der Waals surface area contributed by atoms with Crippen molar-refractivity contribution in [2.75, 3.05) is 0 Å². The first kappa shape index (κ1) is 11.0. The third-order valence-electron chi connectivity index (χ3n) is 3.31. The van der Waals surface area contributed by atoms with E-state index in [0.29, 0.717) is 13.0 Å². The molecule has 1 N–H and O–H groups in total. The maximum atomic E-state index is 10.2. The monoisotopic (exact) mass is 239 g/mol. The number of hydroxylamine groups is 1. The van der Waals surface area contributed by atoms with Crippen LogP contribution in [0.1, 0.15) is 16.7 Å². The Morgan fingerprint density at radius 2 is 1.94 bits per heavy atom. The number of amides is 1. The van der Waals surface area contributed by atoms with Crippen LogP contribution in [0.15, 0.2) is 42.5 Å². The van der Waals surface area contributed by atoms with Crippen molar-refractivity contribution in [3.63, 3.8) is 0 Å². The molecule has 90 valence electrons. The molecule has 18 heavy (non-hydrogen) atoms. The number of rotatable bonds is 4. The van der Waals surface area contributed by atoms with E-state index in [-0.39, 0.29) is 0 Å². The lowest BCUT2D eigenvalue weighted by atomic mass is 10.0. The van der Waals surface area contributed by atoms with E-state index in [1.54, 1.807) is 0 Å². The van der Waals surface area contributed by atoms with Crippen LogP contribution in [-0.2, 0) is 22.7 Å². The summed E-state index contributed by atoms with van der Waals surface area (Å²) in [6, 6.07) is 14.6. The summed E-state index contributed by atoms with van der Waals surface area (Å²) in [6.45, 7) is 0.399. The van der Waals surface area contributed by atoms with Crippen LogP contribution in [0, 0.1) is 0 Å². The minimum Gasteiger partial charge on any atom is -0.277 e. The topological polar surface area (TPSA) is 38.3 Å². The van der Waals surface area contributed by atoms with Gasteiger partial charge in [-0.1, -0.05) is 42.5 Å². The number of hydrogen-bond donors (Lipinski definition) is 1. The number of benzene rings is 2. The molecule has 0 heterocycles. The normalized spacial score (nSPS) is 11.8. The smallest absolute Gasteiger partial charge is 0.230 e. The van der Waals surface area contributed by atoms with Crippen molar-refractivity contribution in [1.29, 1.82) is 0 Å². The Kier molecular flexibility index (Phi) is 2.82. The summed E-state index contributed by atoms with van der Waals surface area (Å²) < 4.78 is 0. The number of carbonyl (C=O) groups is 1. The maximum Gasteiger partial charge on any atom is 0.230 e. The number of nitrogens with one attached hydrogen (secondary N) is 1. The van der Waals surface area contributed by atoms with Gasteiger partial charge in [-0.05, 0) is 34.2 Å². The second-order valence-corrected chi connectivity index (χ2v) is 4.30. The van der Waals surface area contributed by atoms with Gasteiger partial charge in [0.2, 0.25) is 6.41 Å². The number of fused-ring (bicyclic) bond motifs is 3. The Bertz CT molecular complexity index is 593. The van der Waals surface area contributed by atoms with Gasteiger partial charge in [0.1, 0.15) is 6.61 Å². The lowest BCUT2D eigenvalue weighted by molar-refractivity contribution is -0.121. The van der Waals surface area contributed by atoms with Crippen LogP contribution in [0.3, 0.4) is 0 Å². The standard InChI is InChI=1S/C15H13NO2/c17-10-16-18-9-12-5-3-7-14-13-6-2-1-4-11(13)8-15(12)14/h1-7,10H,8-9H2,(H,16,17). The van der Waals surface area contributed by atoms with E-state index in [0.717, 1.165) is 12.0 Å². The van der Waals surface area contributed by atoms with Crippen LogP contribution >= 0.6 is 0 Å². The van der Waals surface area contributed by atoms with Gasteiger partial charge < -0.3 is 0 Å². The van der Waals surface area contributed by atoms with Gasteiger partial charge in [0, 0.05) is 0 Å². The second kappa shape index (κ2) is 4.63. The fraction of sp³-hybridized carbons (Fsp3) is 0.133. The molecule has 0 fully saturated rings. The van der Waals surface area contributed by atoms with E-state index in [4.69, 9.17) is 4.84 Å². The Labute approximate surface area is 105 Å². The molecule has 0 radical (unpaired) electrons. The van der Waals surface area contributed by atoms with Gasteiger partial charge in [-0.15, -0.1) is 0 Å². The molecule has 0 saturated heterocycles. The third kappa shape index (κ3) is 1.79. The zero-order chi connectivity index (χ0) is 12.4. The fourth-order valence-corrected chi connectivity index (χ4v) is 2.51. The molecule has 0 bridgehead atoms. The molecule has 2 aromatic rings. The highest BCUT2D eigenvalue weighted by molar-refractivity contribution is 5.77. The zero-order valence-electron chi connectivity index (χ0n) is 9.85. The number of hydrogen-bond acceptors (Lipinski definition) is 2. The molecular formula is C15H13NO2. The van der Waals surface area contributed by atoms with Crippen LogP contribution < -0.4 is 5.48 Å². The molecular weight excluding hydrogens is 226 g/mol. The van der Waals surface area contributed by atoms with E-state index in [1.807, 2.05) is 12.1 Å². The number of carbonyl (C=O) groups excluding carboxylic acids is 1. The molecule has 3 heteroatoms. The maximum absolute atomic E-state index is 10.2. The Hall–Kier alpha value is -2.13. The second-order valence-electron chi connectivity index (χ2n) is 4.30. The highest BCUT2D eigenvalue weighted by Crippen LogP contribution is 2.38. The van der Waals surface area contributed by atoms with Crippen molar-refractivity contribution in [3.8, 4) is 11.1 Å². The first-order chi connectivity index (χ1) is 8.90. The Morgan fingerprint density at radius 1 is 1.11 bits per heavy atom. The van der Waals surface area contributed by atoms with Crippen LogP contribution in [0.2, 0.25) is 0 Å². The van der Waals surface area contributed by atoms with Crippen molar-refractivity contribution in [3.05, 3.63) is 59.2 Å². The summed E-state index contributed by atoms with van der Waals surface area (Å²) in [5, 5.41) is 0. The summed E-state index contributed by atoms with van der Waals surface area (Å²) >= 11 is 0. The van der Waals surface area contributed by atoms with Crippen LogP contribution in [0.5, 0.6) is 0 Å². The molecule has 3 nitrogen and oxygen atoms in total. The summed E-state index contributed by atoms with van der Waals surface area (Å²) in [5.74, 6) is 0. The van der Waals surface area contributed by atoms with Crippen molar-refractivity contribution in [2.24, 2.45) is 0 Å². The first-order valence-corrected chi connectivity index (χ1v) is 5.90. The van der Waals surface area contributed by atoms with Gasteiger partial charge in [-0.3, -0.25) is 9.63 Å². The average Bonchev–Trinajstić information content (AvgIpc) is 2.79. The Morgan fingerprint density at radius 3 is 2.83 bits per heavy atom. The van der Waals surface area contributed by atoms with E-state index >= 15 is 0 Å². The minimum atomic E-state index is 0.399. The van der Waals surface area contributed by atoms with Crippen LogP contribution in [-0.4, -0.2) is 6.41 Å². The van der Waals surface area contributed by atoms with Crippen LogP contribution in [0.25, 0.3) is 11.1 Å². The third-order valence-corrected chi connectivity index (χ3v) is 3.31. The van der Waals surface area contributed by atoms with Gasteiger partial charge in [-0.2, -0.15) is 0 Å². The molecule has 1 amide bonds. The van der Waals surface area contributed by atoms with E-state index in [1.165, 1.54) is 22.3 Å². The summed E-state index contributed by atoms with van der Waals surface area (Å²) in [5.41, 5.74) is 8.58. The van der Waals surface area contributed by atoms with Gasteiger partial charge in [-0.25, -0.2) is 5.48 Å². The van der Waals surface area contributed by atoms with Gasteiger partial charge in [0.05, 0.1) is 0 Å². The van der Waals surface area contributed by atoms with Crippen molar-refractivity contribution in [1.82, 2.24) is 5.48 Å². The molecule has 2 aromatic carbocycles. The molecule has 0 aliphatic heterocycles. The van der Waals surface area contributed by atoms with E-state index < -0.39 is 0 Å². The van der Waals surface area contributed by atoms with Crippen molar-refractivity contribution in [2.45, 2.75) is 13.0 Å². The summed E-state index contributed by atoms with van der Waals surface area (Å²) in [6.07, 6.45) is 1.48. The first-order valence-electron chi connectivity index (χ1n) is 5.90. The lowest BCUT2D eigenvalue weighted by Gasteiger charge is -2.08. The molecule has 3 rings (SSSR count). The molecule has 0 aromatic heterocycles. The van der Waals surface area contributed by atoms with E-state index in [2.05, 4.69) is 35.8 Å². The van der Waals surface area contributed by atoms with E-state index in [9.17, 15) is 4.79 Å². The lowest BCUT2D eigenvalue weighted by Crippen LogP contribution is -2.11. The molecule has 1 aliphatic carbocycles. The Balaban J connectivity index is 1.95. The predicted molar refractivity (Wildman–Crippen MR) is 68.7 cm³/mol. The molecule has 0 spiro atoms. The van der Waals surface area contributed by atoms with Crippen molar-refractivity contribution >= 4 is 6.41 Å². The molecule has 0 unspecified atom stereocenters. The minimum absolute atomic E-state index is 0.399. The van der Waals surface area contributed by atoms with Crippen LogP contribution in [0.4, 0.5) is 0 Å². The summed E-state index contributed by atoms with van der Waals surface area (Å²) in [4.78, 5) is 15.2. The van der Waals surface area contributed by atoms with Gasteiger partial charge in [0.25, 0.3) is 0 Å². The summed E-state index contributed by atoms with van der Waals surface area (Å²) in [7, 11) is 0. The van der Waals surface area contributed by atoms with Crippen molar-refractivity contribution < 1.29 is 9.63 Å². The molecule has 0 atom stereocenters.